The molecule has 0 radical (unpaired) electrons. The summed E-state index contributed by atoms with van der Waals surface area (Å²) in [6.07, 6.45) is 1.65. The van der Waals surface area contributed by atoms with E-state index in [2.05, 4.69) is 6.92 Å². The Balaban J connectivity index is 3.04. The van der Waals surface area contributed by atoms with Crippen LogP contribution in [-0.4, -0.2) is 25.2 Å². The molecule has 0 heterocycles. The quantitative estimate of drug-likeness (QED) is 0.608. The highest BCUT2D eigenvalue weighted by Gasteiger charge is 2.26. The summed E-state index contributed by atoms with van der Waals surface area (Å²) in [6.45, 7) is 7.09. The summed E-state index contributed by atoms with van der Waals surface area (Å²) in [4.78, 5) is 14.1. The Morgan fingerprint density at radius 3 is 2.53 bits per heavy atom. The van der Waals surface area contributed by atoms with Gasteiger partial charge in [0.2, 0.25) is 0 Å². The molecule has 106 valence electrons. The van der Waals surface area contributed by atoms with Crippen LogP contribution < -0.4 is 10.6 Å². The zero-order valence-electron chi connectivity index (χ0n) is 12.1. The molecule has 0 bridgehead atoms. The molecule has 1 unspecified atom stereocenters. The van der Waals surface area contributed by atoms with Gasteiger partial charge in [0.25, 0.3) is 0 Å². The molecule has 1 atom stereocenters. The maximum absolute atomic E-state index is 12.1. The smallest absolute Gasteiger partial charge is 0.328 e. The first-order chi connectivity index (χ1) is 9.15. The molecule has 0 aliphatic carbocycles. The number of carbonyl (C=O) groups is 1. The van der Waals surface area contributed by atoms with Gasteiger partial charge in [0.05, 0.1) is 18.0 Å². The number of nitrogens with zero attached hydrogens (tertiary/aromatic N) is 1. The average molecular weight is 264 g/mol. The van der Waals surface area contributed by atoms with Gasteiger partial charge in [-0.25, -0.2) is 4.79 Å². The first-order valence-corrected chi connectivity index (χ1v) is 6.93. The number of nitrogens with two attached hydrogens (primary N) is 1. The molecule has 0 amide bonds. The van der Waals surface area contributed by atoms with E-state index in [1.807, 2.05) is 43.0 Å². The molecule has 0 aliphatic heterocycles. The first kappa shape index (κ1) is 15.3. The summed E-state index contributed by atoms with van der Waals surface area (Å²) in [5, 5.41) is 0. The third kappa shape index (κ3) is 3.88. The molecular formula is C15H24N2O2. The molecule has 0 saturated heterocycles. The fourth-order valence-electron chi connectivity index (χ4n) is 2.19. The molecule has 4 heteroatoms. The highest BCUT2D eigenvalue weighted by atomic mass is 16.5. The van der Waals surface area contributed by atoms with Crippen LogP contribution in [0.25, 0.3) is 0 Å². The van der Waals surface area contributed by atoms with Crippen LogP contribution in [0.3, 0.4) is 0 Å². The van der Waals surface area contributed by atoms with Gasteiger partial charge in [0.1, 0.15) is 6.04 Å². The minimum absolute atomic E-state index is 0.179. The highest BCUT2D eigenvalue weighted by Crippen LogP contribution is 2.26. The van der Waals surface area contributed by atoms with E-state index in [0.29, 0.717) is 18.7 Å². The number of carbonyl (C=O) groups excluding carboxylic acids is 1. The molecule has 2 N–H and O–H groups in total. The van der Waals surface area contributed by atoms with Crippen molar-refractivity contribution in [3.8, 4) is 0 Å². The third-order valence-electron chi connectivity index (χ3n) is 3.03. The molecule has 0 aliphatic rings. The predicted octanol–water partition coefficient (Wildman–Crippen LogP) is 2.83. The highest BCUT2D eigenvalue weighted by molar-refractivity contribution is 5.82. The van der Waals surface area contributed by atoms with Crippen LogP contribution in [0.15, 0.2) is 24.3 Å². The Hall–Kier alpha value is -1.71. The molecular weight excluding hydrogens is 240 g/mol. The van der Waals surface area contributed by atoms with Crippen LogP contribution in [0.5, 0.6) is 0 Å². The predicted molar refractivity (Wildman–Crippen MR) is 79.2 cm³/mol. The van der Waals surface area contributed by atoms with Gasteiger partial charge < -0.3 is 15.4 Å². The third-order valence-corrected chi connectivity index (χ3v) is 3.03. The van der Waals surface area contributed by atoms with Gasteiger partial charge in [0.15, 0.2) is 0 Å². The molecule has 0 aromatic heterocycles. The number of anilines is 2. The summed E-state index contributed by atoms with van der Waals surface area (Å²) in [5.74, 6) is -0.179. The lowest BCUT2D eigenvalue weighted by molar-refractivity contribution is -0.144. The normalized spacial score (nSPS) is 11.9. The molecule has 0 saturated carbocycles. The van der Waals surface area contributed by atoms with Crippen molar-refractivity contribution in [3.63, 3.8) is 0 Å². The van der Waals surface area contributed by atoms with Crippen molar-refractivity contribution < 1.29 is 9.53 Å². The minimum atomic E-state index is -0.274. The molecule has 0 spiro atoms. The SMILES string of the molecule is CCCN(c1ccccc1N)C(CC)C(=O)OCC. The second-order valence-electron chi connectivity index (χ2n) is 4.43. The summed E-state index contributed by atoms with van der Waals surface area (Å²) in [5.41, 5.74) is 7.62. The Morgan fingerprint density at radius 2 is 2.00 bits per heavy atom. The minimum Gasteiger partial charge on any atom is -0.464 e. The Morgan fingerprint density at radius 1 is 1.32 bits per heavy atom. The van der Waals surface area contributed by atoms with Gasteiger partial charge in [-0.15, -0.1) is 0 Å². The number of hydrogen-bond acceptors (Lipinski definition) is 4. The van der Waals surface area contributed by atoms with E-state index in [4.69, 9.17) is 10.5 Å². The van der Waals surface area contributed by atoms with E-state index in [9.17, 15) is 4.79 Å². The van der Waals surface area contributed by atoms with Crippen molar-refractivity contribution in [2.45, 2.75) is 39.7 Å². The Labute approximate surface area is 115 Å². The zero-order chi connectivity index (χ0) is 14.3. The van der Waals surface area contributed by atoms with Crippen molar-refractivity contribution in [1.82, 2.24) is 0 Å². The van der Waals surface area contributed by atoms with Crippen molar-refractivity contribution in [3.05, 3.63) is 24.3 Å². The number of ether oxygens (including phenoxy) is 1. The lowest BCUT2D eigenvalue weighted by Crippen LogP contribution is -2.42. The summed E-state index contributed by atoms with van der Waals surface area (Å²) in [7, 11) is 0. The fourth-order valence-corrected chi connectivity index (χ4v) is 2.19. The molecule has 1 aromatic rings. The fraction of sp³-hybridized carbons (Fsp3) is 0.533. The maximum atomic E-state index is 12.1. The Kier molecular flexibility index (Phi) is 6.19. The van der Waals surface area contributed by atoms with Crippen molar-refractivity contribution in [2.75, 3.05) is 23.8 Å². The number of rotatable bonds is 7. The van der Waals surface area contributed by atoms with Crippen LogP contribution in [0.4, 0.5) is 11.4 Å². The van der Waals surface area contributed by atoms with E-state index in [1.165, 1.54) is 0 Å². The van der Waals surface area contributed by atoms with E-state index < -0.39 is 0 Å². The van der Waals surface area contributed by atoms with Crippen LogP contribution in [0.2, 0.25) is 0 Å². The summed E-state index contributed by atoms with van der Waals surface area (Å²) >= 11 is 0. The molecule has 4 nitrogen and oxygen atoms in total. The van der Waals surface area contributed by atoms with E-state index in [-0.39, 0.29) is 12.0 Å². The Bertz CT molecular complexity index is 407. The van der Waals surface area contributed by atoms with Crippen molar-refractivity contribution in [1.29, 1.82) is 0 Å². The van der Waals surface area contributed by atoms with E-state index in [1.54, 1.807) is 0 Å². The number of para-hydroxylation sites is 2. The topological polar surface area (TPSA) is 55.6 Å². The van der Waals surface area contributed by atoms with Gasteiger partial charge >= 0.3 is 5.97 Å². The number of hydrogen-bond donors (Lipinski definition) is 1. The lowest BCUT2D eigenvalue weighted by atomic mass is 10.1. The van der Waals surface area contributed by atoms with Gasteiger partial charge in [-0.3, -0.25) is 0 Å². The first-order valence-electron chi connectivity index (χ1n) is 6.93. The second-order valence-corrected chi connectivity index (χ2v) is 4.43. The van der Waals surface area contributed by atoms with Gasteiger partial charge in [0, 0.05) is 6.54 Å². The summed E-state index contributed by atoms with van der Waals surface area (Å²) < 4.78 is 5.16. The number of benzene rings is 1. The molecule has 1 rings (SSSR count). The van der Waals surface area contributed by atoms with Crippen LogP contribution >= 0.6 is 0 Å². The summed E-state index contributed by atoms with van der Waals surface area (Å²) in [6, 6.07) is 7.37. The van der Waals surface area contributed by atoms with Crippen LogP contribution in [0.1, 0.15) is 33.6 Å². The molecule has 19 heavy (non-hydrogen) atoms. The van der Waals surface area contributed by atoms with Gasteiger partial charge in [-0.1, -0.05) is 26.0 Å². The maximum Gasteiger partial charge on any atom is 0.328 e. The van der Waals surface area contributed by atoms with E-state index in [0.717, 1.165) is 18.7 Å². The van der Waals surface area contributed by atoms with Gasteiger partial charge in [-0.2, -0.15) is 0 Å². The monoisotopic (exact) mass is 264 g/mol. The van der Waals surface area contributed by atoms with Crippen LogP contribution in [-0.2, 0) is 9.53 Å². The second kappa shape index (κ2) is 7.67. The van der Waals surface area contributed by atoms with E-state index >= 15 is 0 Å². The standard InChI is InChI=1S/C15H24N2O2/c1-4-11-17(13(5-2)15(18)19-6-3)14-10-8-7-9-12(14)16/h7-10,13H,4-6,11,16H2,1-3H3. The lowest BCUT2D eigenvalue weighted by Gasteiger charge is -2.32. The van der Waals surface area contributed by atoms with Crippen molar-refractivity contribution in [2.24, 2.45) is 0 Å². The zero-order valence-corrected chi connectivity index (χ0v) is 12.1. The van der Waals surface area contributed by atoms with Crippen LogP contribution in [0, 0.1) is 0 Å². The number of nitrogen functional groups attached to an aromatic ring is 1. The molecule has 1 aromatic carbocycles. The molecule has 0 fully saturated rings. The van der Waals surface area contributed by atoms with Gasteiger partial charge in [-0.05, 0) is 31.9 Å². The largest absolute Gasteiger partial charge is 0.464 e. The number of esters is 1. The van der Waals surface area contributed by atoms with Crippen molar-refractivity contribution >= 4 is 17.3 Å². The average Bonchev–Trinajstić information content (AvgIpc) is 2.40.